The molecule has 0 atom stereocenters. The van der Waals surface area contributed by atoms with Crippen LogP contribution in [-0.4, -0.2) is 64.0 Å². The van der Waals surface area contributed by atoms with Crippen molar-refractivity contribution in [2.24, 2.45) is 0 Å². The fraction of sp³-hybridized carbons (Fsp3) is 0.550. The van der Waals surface area contributed by atoms with Crippen molar-refractivity contribution >= 4 is 23.0 Å². The van der Waals surface area contributed by atoms with Gasteiger partial charge in [-0.05, 0) is 44.9 Å². The number of hydrogen-bond donors (Lipinski definition) is 1. The van der Waals surface area contributed by atoms with Crippen LogP contribution in [0.2, 0.25) is 0 Å². The molecule has 27 heavy (non-hydrogen) atoms. The number of fused-ring (bicyclic) bond motifs is 1. The zero-order chi connectivity index (χ0) is 19.4. The number of hydrogen-bond acceptors (Lipinski definition) is 3. The average molecular weight is 371 g/mol. The molecule has 2 heterocycles. The monoisotopic (exact) mass is 371 g/mol. The van der Waals surface area contributed by atoms with E-state index in [1.807, 2.05) is 36.4 Å². The van der Waals surface area contributed by atoms with Crippen LogP contribution in [0.4, 0.5) is 4.79 Å². The lowest BCUT2D eigenvalue weighted by molar-refractivity contribution is 0.0762. The number of benzene rings is 1. The highest BCUT2D eigenvalue weighted by molar-refractivity contribution is 5.97. The molecule has 0 aliphatic carbocycles. The Morgan fingerprint density at radius 1 is 1.15 bits per heavy atom. The maximum absolute atomic E-state index is 13.0. The minimum absolute atomic E-state index is 0.00631. The van der Waals surface area contributed by atoms with Gasteiger partial charge in [0, 0.05) is 44.3 Å². The van der Waals surface area contributed by atoms with Gasteiger partial charge in [0.15, 0.2) is 0 Å². The zero-order valence-electron chi connectivity index (χ0n) is 16.4. The van der Waals surface area contributed by atoms with Crippen molar-refractivity contribution in [3.63, 3.8) is 0 Å². The van der Waals surface area contributed by atoms with Gasteiger partial charge in [0.25, 0.3) is 5.91 Å². The molecule has 3 amide bonds. The Bertz CT molecular complexity index is 814. The molecule has 0 saturated carbocycles. The topological polar surface area (TPSA) is 70.5 Å². The van der Waals surface area contributed by atoms with Crippen molar-refractivity contribution in [1.82, 2.24) is 24.7 Å². The van der Waals surface area contributed by atoms with Gasteiger partial charge in [0.2, 0.25) is 0 Å². The van der Waals surface area contributed by atoms with Gasteiger partial charge < -0.3 is 19.7 Å². The number of rotatable bonds is 4. The Labute approximate surface area is 160 Å². The van der Waals surface area contributed by atoms with Gasteiger partial charge in [0.1, 0.15) is 0 Å². The van der Waals surface area contributed by atoms with Crippen LogP contribution >= 0.6 is 0 Å². The van der Waals surface area contributed by atoms with Gasteiger partial charge in [-0.25, -0.2) is 9.78 Å². The van der Waals surface area contributed by atoms with Gasteiger partial charge >= 0.3 is 6.03 Å². The second-order valence-corrected chi connectivity index (χ2v) is 7.31. The summed E-state index contributed by atoms with van der Waals surface area (Å²) in [7, 11) is 0. The third kappa shape index (κ3) is 4.23. The number of urea groups is 1. The minimum atomic E-state index is -0.0354. The van der Waals surface area contributed by atoms with E-state index < -0.39 is 0 Å². The van der Waals surface area contributed by atoms with Gasteiger partial charge in [0.05, 0.1) is 17.4 Å². The number of imidazole rings is 1. The number of amides is 3. The molecule has 2 aromatic rings. The summed E-state index contributed by atoms with van der Waals surface area (Å²) < 4.78 is 2.10. The standard InChI is InChI=1S/C20H29N5O2/c1-4-8-21-20(27)24-10-5-9-23(11-12-24)19(26)16-6-7-18-17(13-16)22-14-25(18)15(2)3/h6-7,13-15H,4-5,8-12H2,1-3H3,(H,21,27). The highest BCUT2D eigenvalue weighted by Crippen LogP contribution is 2.20. The molecule has 0 spiro atoms. The molecular formula is C20H29N5O2. The van der Waals surface area contributed by atoms with Crippen LogP contribution in [0.1, 0.15) is 50.0 Å². The lowest BCUT2D eigenvalue weighted by atomic mass is 10.1. The molecular weight excluding hydrogens is 342 g/mol. The second-order valence-electron chi connectivity index (χ2n) is 7.31. The van der Waals surface area contributed by atoms with Crippen LogP contribution in [-0.2, 0) is 0 Å². The molecule has 1 aliphatic rings. The van der Waals surface area contributed by atoms with Gasteiger partial charge in [-0.3, -0.25) is 4.79 Å². The molecule has 1 saturated heterocycles. The molecule has 3 rings (SSSR count). The molecule has 146 valence electrons. The van der Waals surface area contributed by atoms with Crippen LogP contribution in [0.3, 0.4) is 0 Å². The first-order chi connectivity index (χ1) is 13.0. The smallest absolute Gasteiger partial charge is 0.317 e. The van der Waals surface area contributed by atoms with E-state index in [-0.39, 0.29) is 11.9 Å². The maximum Gasteiger partial charge on any atom is 0.317 e. The van der Waals surface area contributed by atoms with E-state index in [2.05, 4.69) is 28.7 Å². The molecule has 1 aromatic carbocycles. The summed E-state index contributed by atoms with van der Waals surface area (Å²) in [6.45, 7) is 9.39. The van der Waals surface area contributed by atoms with Gasteiger partial charge in [-0.15, -0.1) is 0 Å². The van der Waals surface area contributed by atoms with Crippen molar-refractivity contribution in [3.8, 4) is 0 Å². The Morgan fingerprint density at radius 2 is 1.89 bits per heavy atom. The molecule has 0 radical (unpaired) electrons. The van der Waals surface area contributed by atoms with Crippen molar-refractivity contribution in [1.29, 1.82) is 0 Å². The minimum Gasteiger partial charge on any atom is -0.338 e. The molecule has 7 heteroatoms. The quantitative estimate of drug-likeness (QED) is 0.898. The summed E-state index contributed by atoms with van der Waals surface area (Å²) >= 11 is 0. The second kappa shape index (κ2) is 8.41. The van der Waals surface area contributed by atoms with Gasteiger partial charge in [-0.1, -0.05) is 6.92 Å². The van der Waals surface area contributed by atoms with Crippen molar-refractivity contribution in [2.45, 2.75) is 39.7 Å². The molecule has 1 aromatic heterocycles. The Morgan fingerprint density at radius 3 is 2.63 bits per heavy atom. The van der Waals surface area contributed by atoms with Gasteiger partial charge in [-0.2, -0.15) is 0 Å². The number of carbonyl (C=O) groups excluding carboxylic acids is 2. The third-order valence-corrected chi connectivity index (χ3v) is 4.97. The Hall–Kier alpha value is -2.57. The first-order valence-corrected chi connectivity index (χ1v) is 9.80. The number of nitrogens with zero attached hydrogens (tertiary/aromatic N) is 4. The summed E-state index contributed by atoms with van der Waals surface area (Å²) in [6.07, 6.45) is 3.52. The first kappa shape index (κ1) is 19.2. The lowest BCUT2D eigenvalue weighted by Crippen LogP contribution is -2.42. The molecule has 0 unspecified atom stereocenters. The summed E-state index contributed by atoms with van der Waals surface area (Å²) in [5, 5.41) is 2.91. The highest BCUT2D eigenvalue weighted by Gasteiger charge is 2.23. The fourth-order valence-electron chi connectivity index (χ4n) is 3.43. The van der Waals surface area contributed by atoms with E-state index in [1.165, 1.54) is 0 Å². The average Bonchev–Trinajstić information content (AvgIpc) is 2.94. The van der Waals surface area contributed by atoms with Crippen molar-refractivity contribution in [2.75, 3.05) is 32.7 Å². The lowest BCUT2D eigenvalue weighted by Gasteiger charge is -2.22. The molecule has 7 nitrogen and oxygen atoms in total. The van der Waals surface area contributed by atoms with Crippen LogP contribution < -0.4 is 5.32 Å². The fourth-order valence-corrected chi connectivity index (χ4v) is 3.43. The van der Waals surface area contributed by atoms with E-state index in [9.17, 15) is 9.59 Å². The third-order valence-electron chi connectivity index (χ3n) is 4.97. The SMILES string of the molecule is CCCNC(=O)N1CCCN(C(=O)c2ccc3c(c2)ncn3C(C)C)CC1. The van der Waals surface area contributed by atoms with Crippen LogP contribution in [0.15, 0.2) is 24.5 Å². The first-order valence-electron chi connectivity index (χ1n) is 9.80. The maximum atomic E-state index is 13.0. The zero-order valence-corrected chi connectivity index (χ0v) is 16.4. The predicted octanol–water partition coefficient (Wildman–Crippen LogP) is 2.88. The number of aromatic nitrogens is 2. The van der Waals surface area contributed by atoms with E-state index in [1.54, 1.807) is 4.90 Å². The number of carbonyl (C=O) groups is 2. The molecule has 1 aliphatic heterocycles. The highest BCUT2D eigenvalue weighted by atomic mass is 16.2. The molecule has 0 bridgehead atoms. The largest absolute Gasteiger partial charge is 0.338 e. The van der Waals surface area contributed by atoms with E-state index in [0.717, 1.165) is 23.9 Å². The Balaban J connectivity index is 1.69. The summed E-state index contributed by atoms with van der Waals surface area (Å²) in [4.78, 5) is 33.2. The van der Waals surface area contributed by atoms with Crippen LogP contribution in [0.25, 0.3) is 11.0 Å². The van der Waals surface area contributed by atoms with Crippen molar-refractivity contribution < 1.29 is 9.59 Å². The van der Waals surface area contributed by atoms with E-state index >= 15 is 0 Å². The summed E-state index contributed by atoms with van der Waals surface area (Å²) in [5.74, 6) is 0.00631. The molecule has 1 fully saturated rings. The molecule has 1 N–H and O–H groups in total. The summed E-state index contributed by atoms with van der Waals surface area (Å²) in [5.41, 5.74) is 2.53. The summed E-state index contributed by atoms with van der Waals surface area (Å²) in [6, 6.07) is 6.01. The van der Waals surface area contributed by atoms with Crippen LogP contribution in [0.5, 0.6) is 0 Å². The van der Waals surface area contributed by atoms with E-state index in [0.29, 0.717) is 44.3 Å². The van der Waals surface area contributed by atoms with Crippen LogP contribution in [0, 0.1) is 0 Å². The van der Waals surface area contributed by atoms with Crippen molar-refractivity contribution in [3.05, 3.63) is 30.1 Å². The number of nitrogens with one attached hydrogen (secondary N) is 1. The van der Waals surface area contributed by atoms with E-state index in [4.69, 9.17) is 0 Å². The normalized spacial score (nSPS) is 15.3. The predicted molar refractivity (Wildman–Crippen MR) is 106 cm³/mol. The Kier molecular flexibility index (Phi) is 5.98.